The van der Waals surface area contributed by atoms with E-state index in [9.17, 15) is 0 Å². The quantitative estimate of drug-likeness (QED) is 0.182. The molecule has 9 aromatic rings. The van der Waals surface area contributed by atoms with Gasteiger partial charge in [-0.15, -0.1) is 0 Å². The number of nitrogens with zero attached hydrogens (tertiary/aromatic N) is 4. The van der Waals surface area contributed by atoms with Crippen LogP contribution in [0, 0.1) is 6.92 Å². The second-order valence-corrected chi connectivity index (χ2v) is 12.6. The molecule has 0 radical (unpaired) electrons. The van der Waals surface area contributed by atoms with Crippen molar-refractivity contribution < 1.29 is 0 Å². The minimum Gasteiger partial charge on any atom is -0.308 e. The van der Waals surface area contributed by atoms with Gasteiger partial charge in [0.15, 0.2) is 17.5 Å². The Balaban J connectivity index is 1.32. The van der Waals surface area contributed by atoms with Crippen molar-refractivity contribution in [1.29, 1.82) is 0 Å². The van der Waals surface area contributed by atoms with Crippen LogP contribution in [0.1, 0.15) is 5.56 Å². The molecule has 2 aromatic heterocycles. The number of fused-ring (bicyclic) bond motifs is 3. The highest BCUT2D eigenvalue weighted by molar-refractivity contribution is 6.14. The lowest BCUT2D eigenvalue weighted by molar-refractivity contribution is 1.07. The average Bonchev–Trinajstić information content (AvgIpc) is 3.53. The van der Waals surface area contributed by atoms with Gasteiger partial charge >= 0.3 is 0 Å². The van der Waals surface area contributed by atoms with Crippen LogP contribution in [0.3, 0.4) is 0 Å². The number of benzene rings is 7. The van der Waals surface area contributed by atoms with Gasteiger partial charge in [-0.3, -0.25) is 0 Å². The minimum absolute atomic E-state index is 0.629. The van der Waals surface area contributed by atoms with Gasteiger partial charge in [0, 0.05) is 38.6 Å². The van der Waals surface area contributed by atoms with Crippen LogP contribution in [0.4, 0.5) is 0 Å². The summed E-state index contributed by atoms with van der Waals surface area (Å²) in [6.07, 6.45) is 0. The molecule has 4 nitrogen and oxygen atoms in total. The zero-order valence-electron chi connectivity index (χ0n) is 27.5. The summed E-state index contributed by atoms with van der Waals surface area (Å²) in [5.41, 5.74) is 12.1. The summed E-state index contributed by atoms with van der Waals surface area (Å²) in [5.74, 6) is 1.92. The van der Waals surface area contributed by atoms with E-state index in [1.54, 1.807) is 0 Å². The number of aromatic nitrogens is 4. The molecule has 2 heterocycles. The number of hydrogen-bond acceptors (Lipinski definition) is 3. The lowest BCUT2D eigenvalue weighted by atomic mass is 9.99. The van der Waals surface area contributed by atoms with Crippen molar-refractivity contribution >= 4 is 21.8 Å². The van der Waals surface area contributed by atoms with Gasteiger partial charge in [-0.1, -0.05) is 157 Å². The Morgan fingerprint density at radius 2 is 0.880 bits per heavy atom. The molecule has 0 bridgehead atoms. The van der Waals surface area contributed by atoms with E-state index in [1.807, 2.05) is 60.7 Å². The summed E-state index contributed by atoms with van der Waals surface area (Å²) in [5, 5.41) is 2.44. The minimum atomic E-state index is 0.629. The molecule has 0 spiro atoms. The first kappa shape index (κ1) is 29.5. The van der Waals surface area contributed by atoms with E-state index in [2.05, 4.69) is 127 Å². The maximum absolute atomic E-state index is 5.06. The van der Waals surface area contributed by atoms with Crippen LogP contribution in [-0.4, -0.2) is 19.5 Å². The molecule has 50 heavy (non-hydrogen) atoms. The molecule has 0 atom stereocenters. The van der Waals surface area contributed by atoms with Crippen molar-refractivity contribution in [3.8, 4) is 62.1 Å². The van der Waals surface area contributed by atoms with E-state index < -0.39 is 0 Å². The summed E-state index contributed by atoms with van der Waals surface area (Å²) < 4.78 is 2.43. The first-order valence-electron chi connectivity index (χ1n) is 16.9. The number of para-hydroxylation sites is 2. The summed E-state index contributed by atoms with van der Waals surface area (Å²) >= 11 is 0. The average molecular weight is 641 g/mol. The standard InChI is InChI=1S/C46H32N4/c1-31-24-26-33(27-25-31)37-21-13-22-39-38-20-11-12-23-41(38)50(43(37)39)42-29-28-36(30-40(42)32-14-5-2-6-15-32)46-48-44(34-16-7-3-8-17-34)47-45(49-46)35-18-9-4-10-19-35/h2-30H,1H3. The van der Waals surface area contributed by atoms with E-state index in [4.69, 9.17) is 15.0 Å². The molecule has 9 rings (SSSR count). The second kappa shape index (κ2) is 12.4. The van der Waals surface area contributed by atoms with Gasteiger partial charge in [-0.2, -0.15) is 0 Å². The van der Waals surface area contributed by atoms with Crippen LogP contribution in [-0.2, 0) is 0 Å². The number of aryl methyl sites for hydroxylation is 1. The number of rotatable bonds is 6. The van der Waals surface area contributed by atoms with Gasteiger partial charge < -0.3 is 4.57 Å². The fourth-order valence-electron chi connectivity index (χ4n) is 6.89. The SMILES string of the molecule is Cc1ccc(-c2cccc3c4ccccc4n(-c4ccc(-c5nc(-c6ccccc6)nc(-c6ccccc6)n5)cc4-c4ccccc4)c23)cc1. The molecule has 0 aliphatic rings. The topological polar surface area (TPSA) is 43.6 Å². The van der Waals surface area contributed by atoms with E-state index in [0.29, 0.717) is 17.5 Å². The molecule has 0 unspecified atom stereocenters. The highest BCUT2D eigenvalue weighted by Crippen LogP contribution is 2.41. The molecule has 0 amide bonds. The number of hydrogen-bond donors (Lipinski definition) is 0. The molecule has 236 valence electrons. The van der Waals surface area contributed by atoms with Gasteiger partial charge in [0.05, 0.1) is 16.7 Å². The summed E-state index contributed by atoms with van der Waals surface area (Å²) in [4.78, 5) is 15.0. The Morgan fingerprint density at radius 1 is 0.380 bits per heavy atom. The lowest BCUT2D eigenvalue weighted by Gasteiger charge is -2.17. The highest BCUT2D eigenvalue weighted by Gasteiger charge is 2.20. The van der Waals surface area contributed by atoms with Crippen LogP contribution in [0.2, 0.25) is 0 Å². The van der Waals surface area contributed by atoms with Gasteiger partial charge in [0.2, 0.25) is 0 Å². The molecular weight excluding hydrogens is 609 g/mol. The first-order valence-corrected chi connectivity index (χ1v) is 16.9. The van der Waals surface area contributed by atoms with Crippen LogP contribution in [0.5, 0.6) is 0 Å². The summed E-state index contributed by atoms with van der Waals surface area (Å²) in [7, 11) is 0. The molecule has 0 saturated carbocycles. The zero-order chi connectivity index (χ0) is 33.4. The molecular formula is C46H32N4. The van der Waals surface area contributed by atoms with E-state index in [0.717, 1.165) is 39.0 Å². The smallest absolute Gasteiger partial charge is 0.164 e. The van der Waals surface area contributed by atoms with Gasteiger partial charge in [0.25, 0.3) is 0 Å². The Bertz CT molecular complexity index is 2570. The van der Waals surface area contributed by atoms with E-state index in [1.165, 1.54) is 33.0 Å². The monoisotopic (exact) mass is 640 g/mol. The molecule has 0 aliphatic heterocycles. The molecule has 7 aromatic carbocycles. The summed E-state index contributed by atoms with van der Waals surface area (Å²) in [6.45, 7) is 2.13. The fraction of sp³-hybridized carbons (Fsp3) is 0.0217. The molecule has 0 saturated heterocycles. The Hall–Kier alpha value is -6.65. The van der Waals surface area contributed by atoms with Crippen LogP contribution < -0.4 is 0 Å². The van der Waals surface area contributed by atoms with Crippen LogP contribution in [0.25, 0.3) is 83.9 Å². The van der Waals surface area contributed by atoms with E-state index in [-0.39, 0.29) is 0 Å². The molecule has 0 N–H and O–H groups in total. The van der Waals surface area contributed by atoms with E-state index >= 15 is 0 Å². The third-order valence-corrected chi connectivity index (χ3v) is 9.34. The van der Waals surface area contributed by atoms with Crippen LogP contribution in [0.15, 0.2) is 176 Å². The Labute approximate surface area is 291 Å². The van der Waals surface area contributed by atoms with Gasteiger partial charge in [-0.25, -0.2) is 15.0 Å². The predicted molar refractivity (Wildman–Crippen MR) is 206 cm³/mol. The molecule has 0 fully saturated rings. The van der Waals surface area contributed by atoms with Crippen molar-refractivity contribution in [2.24, 2.45) is 0 Å². The van der Waals surface area contributed by atoms with Crippen molar-refractivity contribution in [3.63, 3.8) is 0 Å². The normalized spacial score (nSPS) is 11.3. The molecule has 0 aliphatic carbocycles. The van der Waals surface area contributed by atoms with Gasteiger partial charge in [0.1, 0.15) is 0 Å². The van der Waals surface area contributed by atoms with Gasteiger partial charge in [-0.05, 0) is 42.3 Å². The molecule has 4 heteroatoms. The van der Waals surface area contributed by atoms with Crippen molar-refractivity contribution in [2.45, 2.75) is 6.92 Å². The van der Waals surface area contributed by atoms with Crippen LogP contribution >= 0.6 is 0 Å². The predicted octanol–water partition coefficient (Wildman–Crippen LogP) is 11.6. The fourth-order valence-corrected chi connectivity index (χ4v) is 6.89. The lowest BCUT2D eigenvalue weighted by Crippen LogP contribution is -2.02. The van der Waals surface area contributed by atoms with Crippen molar-refractivity contribution in [2.75, 3.05) is 0 Å². The Morgan fingerprint density at radius 3 is 1.52 bits per heavy atom. The van der Waals surface area contributed by atoms with Crippen molar-refractivity contribution in [1.82, 2.24) is 19.5 Å². The Kier molecular flexibility index (Phi) is 7.33. The largest absolute Gasteiger partial charge is 0.308 e. The maximum Gasteiger partial charge on any atom is 0.164 e. The third-order valence-electron chi connectivity index (χ3n) is 9.34. The van der Waals surface area contributed by atoms with Crippen molar-refractivity contribution in [3.05, 3.63) is 181 Å². The third kappa shape index (κ3) is 5.24. The zero-order valence-corrected chi connectivity index (χ0v) is 27.5. The second-order valence-electron chi connectivity index (χ2n) is 12.6. The summed E-state index contributed by atoms with van der Waals surface area (Å²) in [6, 6.07) is 61.6. The first-order chi connectivity index (χ1) is 24.7. The highest BCUT2D eigenvalue weighted by atomic mass is 15.0. The maximum atomic E-state index is 5.06.